The molecule has 0 aliphatic heterocycles. The number of aryl methyl sites for hydroxylation is 2. The largest absolute Gasteiger partial charge is 0.0654 e. The van der Waals surface area contributed by atoms with Gasteiger partial charge in [-0.3, -0.25) is 0 Å². The molecule has 224 valence electrons. The molecule has 0 amide bonds. The van der Waals surface area contributed by atoms with Crippen molar-refractivity contribution >= 4 is 11.6 Å². The molecule has 0 heteroatoms. The molecule has 0 saturated heterocycles. The van der Waals surface area contributed by atoms with E-state index in [2.05, 4.69) is 147 Å². The predicted molar refractivity (Wildman–Crippen MR) is 193 cm³/mol. The van der Waals surface area contributed by atoms with Crippen molar-refractivity contribution < 1.29 is 0 Å². The maximum Gasteiger partial charge on any atom is -0.0105 e. The number of benzene rings is 5. The standard InChI is InChI=1S/C44H48/c1-3-5-7-10-14-35-18-22-38(23-19-35)40-26-30-42(31-27-40)44(34-37-16-12-9-13-17-37)43-32-28-41(29-33-43)39-24-20-36(21-25-39)15-11-8-6-4-2/h9,12-13,16-34H,3-8,10-11,14-15H2,1-2H3. The number of hydrogen-bond donors (Lipinski definition) is 0. The summed E-state index contributed by atoms with van der Waals surface area (Å²) in [7, 11) is 0. The van der Waals surface area contributed by atoms with E-state index in [1.807, 2.05) is 0 Å². The van der Waals surface area contributed by atoms with Crippen LogP contribution < -0.4 is 0 Å². The lowest BCUT2D eigenvalue weighted by Gasteiger charge is -2.12. The Labute approximate surface area is 266 Å². The van der Waals surface area contributed by atoms with E-state index in [1.165, 1.54) is 120 Å². The first-order valence-corrected chi connectivity index (χ1v) is 16.9. The van der Waals surface area contributed by atoms with Crippen molar-refractivity contribution in [3.63, 3.8) is 0 Å². The van der Waals surface area contributed by atoms with E-state index in [-0.39, 0.29) is 0 Å². The van der Waals surface area contributed by atoms with Crippen molar-refractivity contribution in [2.45, 2.75) is 78.1 Å². The van der Waals surface area contributed by atoms with Crippen LogP contribution in [0.2, 0.25) is 0 Å². The highest BCUT2D eigenvalue weighted by Crippen LogP contribution is 2.31. The maximum atomic E-state index is 2.31. The first-order valence-electron chi connectivity index (χ1n) is 16.9. The third-order valence-electron chi connectivity index (χ3n) is 8.71. The summed E-state index contributed by atoms with van der Waals surface area (Å²) in [5.74, 6) is 0. The van der Waals surface area contributed by atoms with Crippen LogP contribution in [0.5, 0.6) is 0 Å². The molecule has 0 unspecified atom stereocenters. The Morgan fingerprint density at radius 2 is 0.795 bits per heavy atom. The first kappa shape index (κ1) is 31.3. The molecule has 0 aliphatic carbocycles. The molecular formula is C44H48. The van der Waals surface area contributed by atoms with E-state index in [1.54, 1.807) is 0 Å². The van der Waals surface area contributed by atoms with Crippen molar-refractivity contribution in [2.75, 3.05) is 0 Å². The third kappa shape index (κ3) is 8.93. The zero-order valence-electron chi connectivity index (χ0n) is 26.8. The van der Waals surface area contributed by atoms with Crippen molar-refractivity contribution in [3.8, 4) is 22.3 Å². The second kappa shape index (κ2) is 16.6. The molecule has 0 N–H and O–H groups in total. The van der Waals surface area contributed by atoms with Crippen LogP contribution in [0.4, 0.5) is 0 Å². The van der Waals surface area contributed by atoms with Gasteiger partial charge in [0.1, 0.15) is 0 Å². The summed E-state index contributed by atoms with van der Waals surface area (Å²) in [5, 5.41) is 0. The van der Waals surface area contributed by atoms with E-state index in [4.69, 9.17) is 0 Å². The van der Waals surface area contributed by atoms with Gasteiger partial charge in [-0.25, -0.2) is 0 Å². The number of rotatable bonds is 15. The summed E-state index contributed by atoms with van der Waals surface area (Å²) < 4.78 is 0. The highest BCUT2D eigenvalue weighted by atomic mass is 14.1. The van der Waals surface area contributed by atoms with E-state index in [9.17, 15) is 0 Å². The monoisotopic (exact) mass is 576 g/mol. The van der Waals surface area contributed by atoms with Gasteiger partial charge in [-0.05, 0) is 87.4 Å². The zero-order chi connectivity index (χ0) is 30.4. The molecule has 0 aliphatic rings. The van der Waals surface area contributed by atoms with E-state index < -0.39 is 0 Å². The topological polar surface area (TPSA) is 0 Å². The Morgan fingerprint density at radius 3 is 1.18 bits per heavy atom. The fourth-order valence-electron chi connectivity index (χ4n) is 5.97. The zero-order valence-corrected chi connectivity index (χ0v) is 26.8. The van der Waals surface area contributed by atoms with Crippen molar-refractivity contribution in [1.29, 1.82) is 0 Å². The molecule has 0 saturated carbocycles. The minimum Gasteiger partial charge on any atom is -0.0654 e. The summed E-state index contributed by atoms with van der Waals surface area (Å²) in [4.78, 5) is 0. The molecule has 0 spiro atoms. The van der Waals surface area contributed by atoms with Gasteiger partial charge in [0, 0.05) is 0 Å². The minimum absolute atomic E-state index is 1.18. The van der Waals surface area contributed by atoms with Gasteiger partial charge < -0.3 is 0 Å². The number of unbranched alkanes of at least 4 members (excludes halogenated alkanes) is 6. The lowest BCUT2D eigenvalue weighted by atomic mass is 9.92. The average molecular weight is 577 g/mol. The SMILES string of the molecule is CCCCCCc1ccc(-c2ccc(C(=Cc3ccccc3)c3ccc(-c4ccc(CCCCCC)cc4)cc3)cc2)cc1. The first-order chi connectivity index (χ1) is 21.7. The van der Waals surface area contributed by atoms with Gasteiger partial charge in [0.05, 0.1) is 0 Å². The van der Waals surface area contributed by atoms with Gasteiger partial charge in [0.15, 0.2) is 0 Å². The predicted octanol–water partition coefficient (Wildman–Crippen LogP) is 12.9. The normalized spacial score (nSPS) is 11.0. The van der Waals surface area contributed by atoms with Crippen LogP contribution in [0, 0.1) is 0 Å². The number of hydrogen-bond acceptors (Lipinski definition) is 0. The second-order valence-electron chi connectivity index (χ2n) is 12.1. The lowest BCUT2D eigenvalue weighted by Crippen LogP contribution is -1.91. The van der Waals surface area contributed by atoms with Gasteiger partial charge in [0.25, 0.3) is 0 Å². The van der Waals surface area contributed by atoms with Crippen LogP contribution in [-0.4, -0.2) is 0 Å². The molecule has 44 heavy (non-hydrogen) atoms. The Kier molecular flexibility index (Phi) is 11.8. The summed E-state index contributed by atoms with van der Waals surface area (Å²) >= 11 is 0. The van der Waals surface area contributed by atoms with Gasteiger partial charge in [0.2, 0.25) is 0 Å². The molecule has 0 nitrogen and oxygen atoms in total. The molecule has 5 rings (SSSR count). The Hall–Kier alpha value is -4.16. The minimum atomic E-state index is 1.18. The Bertz CT molecular complexity index is 1450. The molecule has 0 heterocycles. The van der Waals surface area contributed by atoms with Crippen LogP contribution in [0.15, 0.2) is 127 Å². The summed E-state index contributed by atoms with van der Waals surface area (Å²) in [6, 6.07) is 47.1. The van der Waals surface area contributed by atoms with Crippen LogP contribution >= 0.6 is 0 Å². The molecule has 0 fully saturated rings. The van der Waals surface area contributed by atoms with Crippen molar-refractivity contribution in [1.82, 2.24) is 0 Å². The van der Waals surface area contributed by atoms with Gasteiger partial charge in [-0.1, -0.05) is 180 Å². The summed E-state index contributed by atoms with van der Waals surface area (Å²) in [6.45, 7) is 4.54. The quantitative estimate of drug-likeness (QED) is 0.0859. The van der Waals surface area contributed by atoms with E-state index >= 15 is 0 Å². The van der Waals surface area contributed by atoms with E-state index in [0.717, 1.165) is 0 Å². The fraction of sp³-hybridized carbons (Fsp3) is 0.273. The molecule has 0 radical (unpaired) electrons. The van der Waals surface area contributed by atoms with Crippen LogP contribution in [-0.2, 0) is 12.8 Å². The lowest BCUT2D eigenvalue weighted by molar-refractivity contribution is 0.667. The van der Waals surface area contributed by atoms with Crippen molar-refractivity contribution in [3.05, 3.63) is 155 Å². The van der Waals surface area contributed by atoms with Gasteiger partial charge in [-0.15, -0.1) is 0 Å². The molecule has 0 aromatic heterocycles. The second-order valence-corrected chi connectivity index (χ2v) is 12.1. The third-order valence-corrected chi connectivity index (χ3v) is 8.71. The molecular weight excluding hydrogens is 528 g/mol. The van der Waals surface area contributed by atoms with Gasteiger partial charge in [-0.2, -0.15) is 0 Å². The van der Waals surface area contributed by atoms with E-state index in [0.29, 0.717) is 0 Å². The maximum absolute atomic E-state index is 2.31. The van der Waals surface area contributed by atoms with Crippen molar-refractivity contribution in [2.24, 2.45) is 0 Å². The van der Waals surface area contributed by atoms with Crippen LogP contribution in [0.25, 0.3) is 33.9 Å². The molecule has 5 aromatic rings. The molecule has 0 bridgehead atoms. The van der Waals surface area contributed by atoms with Crippen LogP contribution in [0.1, 0.15) is 93.0 Å². The summed E-state index contributed by atoms with van der Waals surface area (Å²) in [6.07, 6.45) is 15.1. The van der Waals surface area contributed by atoms with Gasteiger partial charge >= 0.3 is 0 Å². The Balaban J connectivity index is 1.33. The average Bonchev–Trinajstić information content (AvgIpc) is 3.09. The Morgan fingerprint density at radius 1 is 0.409 bits per heavy atom. The highest BCUT2D eigenvalue weighted by molar-refractivity contribution is 5.92. The van der Waals surface area contributed by atoms with Crippen LogP contribution in [0.3, 0.4) is 0 Å². The molecule has 5 aromatic carbocycles. The fourth-order valence-corrected chi connectivity index (χ4v) is 5.97. The highest BCUT2D eigenvalue weighted by Gasteiger charge is 2.09. The smallest absolute Gasteiger partial charge is 0.0105 e. The molecule has 0 atom stereocenters. The summed E-state index contributed by atoms with van der Waals surface area (Å²) in [5.41, 5.74) is 12.9.